The van der Waals surface area contributed by atoms with Gasteiger partial charge in [0.1, 0.15) is 0 Å². The van der Waals surface area contributed by atoms with Crippen LogP contribution in [-0.2, 0) is 5.41 Å². The lowest BCUT2D eigenvalue weighted by Crippen LogP contribution is -2.31. The number of nitrogens with zero attached hydrogens (tertiary/aromatic N) is 1. The van der Waals surface area contributed by atoms with E-state index in [0.29, 0.717) is 0 Å². The van der Waals surface area contributed by atoms with Crippen LogP contribution in [0.25, 0.3) is 27.8 Å². The molecule has 0 saturated carbocycles. The maximum atomic E-state index is 2.47. The van der Waals surface area contributed by atoms with E-state index in [1.165, 1.54) is 61.2 Å². The maximum Gasteiger partial charge on any atom is 0.0677 e. The Hall–Kier alpha value is -6.96. The fourth-order valence-electron chi connectivity index (χ4n) is 9.27. The molecule has 1 heteroatoms. The van der Waals surface area contributed by atoms with E-state index >= 15 is 0 Å². The molecule has 1 nitrogen and oxygen atoms in total. The van der Waals surface area contributed by atoms with E-state index in [0.717, 1.165) is 23.5 Å². The number of hydrogen-bond acceptors (Lipinski definition) is 1. The summed E-state index contributed by atoms with van der Waals surface area (Å²) in [5.74, 6) is 0.165. The van der Waals surface area contributed by atoms with Crippen molar-refractivity contribution in [3.63, 3.8) is 0 Å². The van der Waals surface area contributed by atoms with Gasteiger partial charge >= 0.3 is 0 Å². The zero-order valence-corrected chi connectivity index (χ0v) is 31.2. The van der Waals surface area contributed by atoms with Gasteiger partial charge in [0.25, 0.3) is 0 Å². The third kappa shape index (κ3) is 5.72. The van der Waals surface area contributed by atoms with Gasteiger partial charge in [-0.2, -0.15) is 0 Å². The van der Waals surface area contributed by atoms with Crippen molar-refractivity contribution in [2.75, 3.05) is 4.90 Å². The molecule has 56 heavy (non-hydrogen) atoms. The molecule has 0 aromatic heterocycles. The average molecular weight is 716 g/mol. The summed E-state index contributed by atoms with van der Waals surface area (Å²) in [6, 6.07) is 79.8. The molecule has 2 aliphatic rings. The first kappa shape index (κ1) is 33.6. The Balaban J connectivity index is 1.19. The third-order valence-electron chi connectivity index (χ3n) is 11.7. The molecule has 0 spiro atoms. The summed E-state index contributed by atoms with van der Waals surface area (Å²) in [5, 5.41) is 0. The second-order valence-corrected chi connectivity index (χ2v) is 14.8. The summed E-state index contributed by atoms with van der Waals surface area (Å²) in [6.07, 6.45) is 5.80. The van der Waals surface area contributed by atoms with Gasteiger partial charge in [-0.25, -0.2) is 0 Å². The monoisotopic (exact) mass is 715 g/mol. The van der Waals surface area contributed by atoms with Crippen molar-refractivity contribution in [2.45, 2.75) is 17.8 Å². The Kier molecular flexibility index (Phi) is 8.61. The van der Waals surface area contributed by atoms with E-state index in [-0.39, 0.29) is 5.92 Å². The summed E-state index contributed by atoms with van der Waals surface area (Å²) in [5.41, 5.74) is 17.2. The van der Waals surface area contributed by atoms with Gasteiger partial charge < -0.3 is 4.90 Å². The van der Waals surface area contributed by atoms with E-state index in [4.69, 9.17) is 0 Å². The Labute approximate surface area is 330 Å². The minimum Gasteiger partial charge on any atom is -0.310 e. The van der Waals surface area contributed by atoms with Crippen LogP contribution in [-0.4, -0.2) is 0 Å². The molecule has 0 aliphatic heterocycles. The highest BCUT2D eigenvalue weighted by molar-refractivity contribution is 5.93. The molecule has 0 radical (unpaired) electrons. The van der Waals surface area contributed by atoms with Gasteiger partial charge in [0.15, 0.2) is 0 Å². The van der Waals surface area contributed by atoms with Gasteiger partial charge in [-0.15, -0.1) is 0 Å². The summed E-state index contributed by atoms with van der Waals surface area (Å²) >= 11 is 0. The van der Waals surface area contributed by atoms with Crippen LogP contribution < -0.4 is 4.90 Å². The van der Waals surface area contributed by atoms with Gasteiger partial charge in [0.05, 0.1) is 5.41 Å². The molecule has 266 valence electrons. The van der Waals surface area contributed by atoms with E-state index in [2.05, 4.69) is 235 Å². The van der Waals surface area contributed by atoms with Gasteiger partial charge in [-0.3, -0.25) is 0 Å². The normalized spacial score (nSPS) is 15.2. The van der Waals surface area contributed by atoms with E-state index in [1.807, 2.05) is 0 Å². The van der Waals surface area contributed by atoms with Crippen LogP contribution in [0.15, 0.2) is 236 Å². The molecular formula is C55H41N. The minimum absolute atomic E-state index is 0.165. The number of benzene rings is 8. The molecule has 10 rings (SSSR count). The third-order valence-corrected chi connectivity index (χ3v) is 11.7. The van der Waals surface area contributed by atoms with Crippen molar-refractivity contribution in [3.8, 4) is 22.3 Å². The number of rotatable bonds is 8. The molecule has 0 bridgehead atoms. The smallest absolute Gasteiger partial charge is 0.0677 e. The Morgan fingerprint density at radius 2 is 0.911 bits per heavy atom. The van der Waals surface area contributed by atoms with Crippen LogP contribution in [0, 0.1) is 0 Å². The zero-order valence-electron chi connectivity index (χ0n) is 31.2. The highest BCUT2D eigenvalue weighted by atomic mass is 15.1. The highest BCUT2D eigenvalue weighted by Gasteiger charge is 2.49. The molecular weight excluding hydrogens is 675 g/mol. The molecule has 2 aliphatic carbocycles. The topological polar surface area (TPSA) is 3.24 Å². The second kappa shape index (κ2) is 14.4. The lowest BCUT2D eigenvalue weighted by Gasteiger charge is -2.38. The average Bonchev–Trinajstić information content (AvgIpc) is 3.58. The first-order valence-corrected chi connectivity index (χ1v) is 19.6. The summed E-state index contributed by atoms with van der Waals surface area (Å²) < 4.78 is 0. The molecule has 0 fully saturated rings. The van der Waals surface area contributed by atoms with Crippen molar-refractivity contribution in [1.82, 2.24) is 0 Å². The standard InChI is InChI=1S/C55H41N/c1-7-19-40(20-8-1)42-31-34-49(41-21-9-2-10-22-41)52(37-42)43-32-35-50-51-36-33-48(56(46-27-15-5-16-28-46)47-29-17-6-18-30-47)39-54(51)55(53(50)38-43,44-23-11-3-12-24-44)45-25-13-4-14-26-45/h1-37,39,43H,38H2. The van der Waals surface area contributed by atoms with Gasteiger partial charge in [-0.1, -0.05) is 188 Å². The Morgan fingerprint density at radius 1 is 0.411 bits per heavy atom. The SMILES string of the molecule is C1=CC(c2cc(-c3ccccc3)ccc2-c2ccccc2)CC2=C1c1ccc(N(c3ccccc3)c3ccccc3)cc1C2(c1ccccc1)c1ccccc1. The second-order valence-electron chi connectivity index (χ2n) is 14.8. The number of hydrogen-bond donors (Lipinski definition) is 0. The minimum atomic E-state index is -0.505. The molecule has 0 N–H and O–H groups in total. The van der Waals surface area contributed by atoms with E-state index in [9.17, 15) is 0 Å². The van der Waals surface area contributed by atoms with E-state index < -0.39 is 5.41 Å². The summed E-state index contributed by atoms with van der Waals surface area (Å²) in [7, 11) is 0. The lowest BCUT2D eigenvalue weighted by atomic mass is 9.64. The van der Waals surface area contributed by atoms with E-state index in [1.54, 1.807) is 0 Å². The van der Waals surface area contributed by atoms with Gasteiger partial charge in [-0.05, 0) is 110 Å². The number of para-hydroxylation sites is 2. The molecule has 8 aromatic rings. The van der Waals surface area contributed by atoms with Crippen molar-refractivity contribution in [1.29, 1.82) is 0 Å². The molecule has 0 heterocycles. The fraction of sp³-hybridized carbons (Fsp3) is 0.0545. The van der Waals surface area contributed by atoms with Crippen LogP contribution in [0.3, 0.4) is 0 Å². The first-order chi connectivity index (χ1) is 27.8. The molecule has 1 unspecified atom stereocenters. The molecule has 1 atom stereocenters. The highest BCUT2D eigenvalue weighted by Crippen LogP contribution is 2.60. The van der Waals surface area contributed by atoms with Crippen molar-refractivity contribution >= 4 is 22.6 Å². The van der Waals surface area contributed by atoms with Crippen LogP contribution in [0.5, 0.6) is 0 Å². The maximum absolute atomic E-state index is 2.47. The van der Waals surface area contributed by atoms with Crippen molar-refractivity contribution < 1.29 is 0 Å². The first-order valence-electron chi connectivity index (χ1n) is 19.6. The fourth-order valence-corrected chi connectivity index (χ4v) is 9.27. The quantitative estimate of drug-likeness (QED) is 0.151. The van der Waals surface area contributed by atoms with Crippen LogP contribution in [0.4, 0.5) is 17.1 Å². The van der Waals surface area contributed by atoms with Crippen LogP contribution >= 0.6 is 0 Å². The lowest BCUT2D eigenvalue weighted by molar-refractivity contribution is 0.667. The number of anilines is 3. The molecule has 0 amide bonds. The van der Waals surface area contributed by atoms with Gasteiger partial charge in [0.2, 0.25) is 0 Å². The van der Waals surface area contributed by atoms with Crippen molar-refractivity contribution in [2.24, 2.45) is 0 Å². The van der Waals surface area contributed by atoms with Gasteiger partial charge in [0, 0.05) is 23.0 Å². The van der Waals surface area contributed by atoms with Crippen LogP contribution in [0.1, 0.15) is 40.2 Å². The summed E-state index contributed by atoms with van der Waals surface area (Å²) in [6.45, 7) is 0. The molecule has 8 aromatic carbocycles. The Bertz CT molecular complexity index is 2600. The van der Waals surface area contributed by atoms with Crippen LogP contribution in [0.2, 0.25) is 0 Å². The van der Waals surface area contributed by atoms with Crippen molar-refractivity contribution in [3.05, 3.63) is 264 Å². The predicted molar refractivity (Wildman–Crippen MR) is 235 cm³/mol. The predicted octanol–water partition coefficient (Wildman–Crippen LogP) is 14.3. The Morgan fingerprint density at radius 3 is 1.48 bits per heavy atom. The largest absolute Gasteiger partial charge is 0.310 e. The zero-order chi connectivity index (χ0) is 37.3. The number of fused-ring (bicyclic) bond motifs is 2. The summed E-state index contributed by atoms with van der Waals surface area (Å²) in [4.78, 5) is 2.39. The molecule has 0 saturated heterocycles. The number of allylic oxidation sites excluding steroid dienone is 4.